The molecule has 0 aliphatic carbocycles. The first kappa shape index (κ1) is 26.9. The lowest BCUT2D eigenvalue weighted by molar-refractivity contribution is -0.145. The molecule has 0 bridgehead atoms. The van der Waals surface area contributed by atoms with Gasteiger partial charge in [0.2, 0.25) is 11.8 Å². The minimum atomic E-state index is -0.517. The van der Waals surface area contributed by atoms with Crippen LogP contribution in [0.2, 0.25) is 0 Å². The summed E-state index contributed by atoms with van der Waals surface area (Å²) in [6.07, 6.45) is 4.98. The highest BCUT2D eigenvalue weighted by molar-refractivity contribution is 7.98. The molecule has 1 aliphatic rings. The van der Waals surface area contributed by atoms with Gasteiger partial charge in [-0.3, -0.25) is 14.4 Å². The molecule has 1 aromatic carbocycles. The summed E-state index contributed by atoms with van der Waals surface area (Å²) >= 11 is 1.66. The van der Waals surface area contributed by atoms with E-state index in [1.807, 2.05) is 42.5 Å². The maximum Gasteiger partial charge on any atom is 0.306 e. The highest BCUT2D eigenvalue weighted by Crippen LogP contribution is 2.16. The summed E-state index contributed by atoms with van der Waals surface area (Å²) in [5.74, 6) is 0.111. The van der Waals surface area contributed by atoms with Crippen LogP contribution >= 0.6 is 11.8 Å². The number of aliphatic hydroxyl groups excluding tert-OH is 1. The number of amides is 2. The van der Waals surface area contributed by atoms with E-state index < -0.39 is 5.92 Å². The van der Waals surface area contributed by atoms with Crippen molar-refractivity contribution in [2.45, 2.75) is 37.5 Å². The molecule has 182 valence electrons. The van der Waals surface area contributed by atoms with Gasteiger partial charge in [0, 0.05) is 30.9 Å². The van der Waals surface area contributed by atoms with Gasteiger partial charge in [-0.1, -0.05) is 42.5 Å². The molecular weight excluding hydrogens is 444 g/mol. The smallest absolute Gasteiger partial charge is 0.306 e. The van der Waals surface area contributed by atoms with E-state index >= 15 is 0 Å². The number of carbonyl (C=O) groups excluding carboxylic acids is 3. The number of ether oxygens (including phenoxy) is 2. The van der Waals surface area contributed by atoms with E-state index in [1.54, 1.807) is 11.8 Å². The molecule has 3 N–H and O–H groups in total. The third-order valence-electron chi connectivity index (χ3n) is 4.93. The van der Waals surface area contributed by atoms with Gasteiger partial charge in [0.05, 0.1) is 31.8 Å². The summed E-state index contributed by atoms with van der Waals surface area (Å²) in [4.78, 5) is 37.2. The van der Waals surface area contributed by atoms with Crippen LogP contribution in [0, 0.1) is 5.92 Å². The van der Waals surface area contributed by atoms with Crippen molar-refractivity contribution in [3.8, 4) is 0 Å². The summed E-state index contributed by atoms with van der Waals surface area (Å²) in [5.41, 5.74) is 1.18. The molecule has 0 spiro atoms. The van der Waals surface area contributed by atoms with Gasteiger partial charge in [-0.15, -0.1) is 0 Å². The first-order valence-electron chi connectivity index (χ1n) is 11.3. The number of benzene rings is 1. The summed E-state index contributed by atoms with van der Waals surface area (Å²) in [5, 5.41) is 14.4. The van der Waals surface area contributed by atoms with Crippen molar-refractivity contribution in [3.05, 3.63) is 48.0 Å². The maximum atomic E-state index is 13.0. The van der Waals surface area contributed by atoms with Crippen LogP contribution in [0.1, 0.15) is 31.2 Å². The van der Waals surface area contributed by atoms with Crippen LogP contribution < -0.4 is 10.6 Å². The second kappa shape index (κ2) is 16.3. The number of thioether (sulfide) groups is 1. The zero-order valence-corrected chi connectivity index (χ0v) is 19.7. The predicted molar refractivity (Wildman–Crippen MR) is 128 cm³/mol. The fourth-order valence-corrected chi connectivity index (χ4v) is 4.21. The molecule has 1 aliphatic heterocycles. The van der Waals surface area contributed by atoms with Crippen LogP contribution in [-0.2, 0) is 29.6 Å². The van der Waals surface area contributed by atoms with Gasteiger partial charge in [-0.2, -0.15) is 11.8 Å². The van der Waals surface area contributed by atoms with E-state index in [0.29, 0.717) is 31.7 Å². The van der Waals surface area contributed by atoms with Gasteiger partial charge in [0.25, 0.3) is 0 Å². The van der Waals surface area contributed by atoms with E-state index in [9.17, 15) is 14.4 Å². The van der Waals surface area contributed by atoms with Crippen molar-refractivity contribution in [1.82, 2.24) is 10.6 Å². The quantitative estimate of drug-likeness (QED) is 0.253. The van der Waals surface area contributed by atoms with Gasteiger partial charge in [0.1, 0.15) is 6.61 Å². The van der Waals surface area contributed by atoms with Gasteiger partial charge in [0.15, 0.2) is 0 Å². The molecule has 1 heterocycles. The Morgan fingerprint density at radius 3 is 2.82 bits per heavy atom. The topological polar surface area (TPSA) is 114 Å². The number of nitrogens with one attached hydrogen (secondary N) is 2. The molecule has 0 aromatic heterocycles. The van der Waals surface area contributed by atoms with Crippen LogP contribution in [0.25, 0.3) is 0 Å². The van der Waals surface area contributed by atoms with Crippen LogP contribution in [0.5, 0.6) is 0 Å². The Morgan fingerprint density at radius 1 is 1.21 bits per heavy atom. The number of carbonyl (C=O) groups is 3. The molecule has 33 heavy (non-hydrogen) atoms. The van der Waals surface area contributed by atoms with Gasteiger partial charge in [-0.05, 0) is 18.4 Å². The number of hydrogen-bond acceptors (Lipinski definition) is 7. The molecule has 2 amide bonds. The highest BCUT2D eigenvalue weighted by atomic mass is 32.2. The van der Waals surface area contributed by atoms with Crippen LogP contribution in [0.15, 0.2) is 42.5 Å². The second-order valence-corrected chi connectivity index (χ2v) is 8.75. The molecule has 0 unspecified atom stereocenters. The van der Waals surface area contributed by atoms with Gasteiger partial charge in [-0.25, -0.2) is 0 Å². The molecule has 0 saturated carbocycles. The summed E-state index contributed by atoms with van der Waals surface area (Å²) in [6, 6.07) is 9.68. The third kappa shape index (κ3) is 11.9. The average Bonchev–Trinajstić information content (AvgIpc) is 2.81. The van der Waals surface area contributed by atoms with Gasteiger partial charge >= 0.3 is 5.97 Å². The van der Waals surface area contributed by atoms with Crippen molar-refractivity contribution in [1.29, 1.82) is 0 Å². The molecule has 0 fully saturated rings. The van der Waals surface area contributed by atoms with E-state index in [0.717, 1.165) is 5.75 Å². The van der Waals surface area contributed by atoms with E-state index in [4.69, 9.17) is 14.6 Å². The van der Waals surface area contributed by atoms with Crippen LogP contribution in [0.3, 0.4) is 0 Å². The van der Waals surface area contributed by atoms with Crippen molar-refractivity contribution in [3.63, 3.8) is 0 Å². The minimum Gasteiger partial charge on any atom is -0.463 e. The second-order valence-electron chi connectivity index (χ2n) is 7.72. The Labute approximate surface area is 199 Å². The Kier molecular flexibility index (Phi) is 13.3. The van der Waals surface area contributed by atoms with Crippen LogP contribution in [-0.4, -0.2) is 67.7 Å². The van der Waals surface area contributed by atoms with Crippen molar-refractivity contribution in [2.24, 2.45) is 5.92 Å². The van der Waals surface area contributed by atoms with Crippen LogP contribution in [0.4, 0.5) is 0 Å². The summed E-state index contributed by atoms with van der Waals surface area (Å²) in [6.45, 7) is 0.882. The molecule has 2 atom stereocenters. The van der Waals surface area contributed by atoms with Gasteiger partial charge < -0.3 is 25.2 Å². The zero-order chi connectivity index (χ0) is 23.7. The molecule has 0 radical (unpaired) electrons. The normalized spacial score (nSPS) is 19.7. The maximum absolute atomic E-state index is 13.0. The number of aliphatic hydroxyl groups is 1. The monoisotopic (exact) mass is 478 g/mol. The first-order chi connectivity index (χ1) is 16.1. The Morgan fingerprint density at radius 2 is 2.03 bits per heavy atom. The Bertz CT molecular complexity index is 759. The number of rotatable bonds is 11. The zero-order valence-electron chi connectivity index (χ0n) is 18.9. The fraction of sp³-hybridized carbons (Fsp3) is 0.542. The lowest BCUT2D eigenvalue weighted by Crippen LogP contribution is -2.44. The Balaban J connectivity index is 1.92. The first-order valence-corrected chi connectivity index (χ1v) is 12.4. The number of hydrogen-bond donors (Lipinski definition) is 3. The highest BCUT2D eigenvalue weighted by Gasteiger charge is 2.24. The van der Waals surface area contributed by atoms with Crippen molar-refractivity contribution >= 4 is 29.5 Å². The summed E-state index contributed by atoms with van der Waals surface area (Å²) in [7, 11) is 0. The van der Waals surface area contributed by atoms with E-state index in [2.05, 4.69) is 10.6 Å². The standard InChI is InChI=1S/C24H34N2O6S/c27-12-14-31-13-11-25-22(28)15-20-9-5-2-6-10-23(29)32-16-21(26-24(20)30)18-33-17-19-7-3-1-4-8-19/h1-5,7-8,20-21,27H,6,9-18H2,(H,25,28)(H,26,30)/t20-,21-/m1/s1. The lowest BCUT2D eigenvalue weighted by atomic mass is 9.98. The SMILES string of the molecule is O=C(C[C@H]1CC=CCCC(=O)OC[C@H](CSCc2ccccc2)NC1=O)NCCOCCO. The fourth-order valence-electron chi connectivity index (χ4n) is 3.20. The molecule has 8 nitrogen and oxygen atoms in total. The molecule has 1 aromatic rings. The Hall–Kier alpha value is -2.36. The number of cyclic esters (lactones) is 1. The number of esters is 1. The lowest BCUT2D eigenvalue weighted by Gasteiger charge is -2.22. The molecule has 9 heteroatoms. The van der Waals surface area contributed by atoms with E-state index in [1.165, 1.54) is 5.56 Å². The molecular formula is C24H34N2O6S. The molecule has 0 saturated heterocycles. The predicted octanol–water partition coefficient (Wildman–Crippen LogP) is 1.82. The summed E-state index contributed by atoms with van der Waals surface area (Å²) < 4.78 is 10.5. The van der Waals surface area contributed by atoms with Crippen molar-refractivity contribution in [2.75, 3.05) is 38.7 Å². The van der Waals surface area contributed by atoms with Crippen molar-refractivity contribution < 1.29 is 29.0 Å². The number of allylic oxidation sites excluding steroid dienone is 2. The molecule has 2 rings (SSSR count). The largest absolute Gasteiger partial charge is 0.463 e. The average molecular weight is 479 g/mol. The third-order valence-corrected chi connectivity index (χ3v) is 6.11. The van der Waals surface area contributed by atoms with E-state index in [-0.39, 0.29) is 56.5 Å². The minimum absolute atomic E-state index is 0.0554.